The van der Waals surface area contributed by atoms with Crippen molar-refractivity contribution < 1.29 is 23.9 Å². The van der Waals surface area contributed by atoms with Gasteiger partial charge in [0, 0.05) is 25.6 Å². The Morgan fingerprint density at radius 3 is 2.28 bits per heavy atom. The summed E-state index contributed by atoms with van der Waals surface area (Å²) < 4.78 is 6.84. The molecule has 1 saturated heterocycles. The number of carbonyl (C=O) groups excluding carboxylic acids is 4. The zero-order valence-electron chi connectivity index (χ0n) is 18.2. The molecule has 1 N–H and O–H groups in total. The number of anilines is 1. The number of benzene rings is 3. The van der Waals surface area contributed by atoms with Crippen LogP contribution in [0.15, 0.2) is 87.3 Å². The Labute approximate surface area is 227 Å². The number of rotatable bonds is 5. The molecule has 0 aromatic heterocycles. The second-order valence-electron chi connectivity index (χ2n) is 7.42. The van der Waals surface area contributed by atoms with Gasteiger partial charge in [-0.05, 0) is 72.3 Å². The minimum Gasteiger partial charge on any atom is -0.423 e. The molecule has 1 heterocycles. The maximum absolute atomic E-state index is 13.2. The van der Waals surface area contributed by atoms with E-state index in [9.17, 15) is 19.2 Å². The van der Waals surface area contributed by atoms with Crippen LogP contribution in [0.3, 0.4) is 0 Å². The number of urea groups is 1. The van der Waals surface area contributed by atoms with E-state index in [1.807, 2.05) is 0 Å². The van der Waals surface area contributed by atoms with Crippen LogP contribution >= 0.6 is 43.5 Å². The van der Waals surface area contributed by atoms with Gasteiger partial charge in [-0.25, -0.2) is 14.5 Å². The average molecular weight is 631 g/mol. The lowest BCUT2D eigenvalue weighted by Crippen LogP contribution is -2.54. The molecule has 0 spiro atoms. The van der Waals surface area contributed by atoms with Gasteiger partial charge in [-0.2, -0.15) is 0 Å². The molecule has 7 nitrogen and oxygen atoms in total. The zero-order chi connectivity index (χ0) is 25.8. The number of hydrogen-bond donors (Lipinski definition) is 1. The molecule has 0 unspecified atom stereocenters. The molecule has 0 bridgehead atoms. The Kier molecular flexibility index (Phi) is 7.83. The standard InChI is InChI=1S/C26H15Br2ClN2O5/c27-17-4-9-20(10-5-17)31-25(34)21(24(33)30-26(31)35)14-16-13-18(28)6-11-22(16)36-23(32)12-3-15-1-7-19(29)8-2-15/h1-14H,(H,30,33,35)/b12-3+,21-14-. The van der Waals surface area contributed by atoms with Gasteiger partial charge in [-0.3, -0.25) is 14.9 Å². The maximum atomic E-state index is 13.2. The molecule has 180 valence electrons. The van der Waals surface area contributed by atoms with Gasteiger partial charge < -0.3 is 4.74 Å². The molecule has 1 aliphatic rings. The molecule has 10 heteroatoms. The van der Waals surface area contributed by atoms with Crippen molar-refractivity contribution in [3.63, 3.8) is 0 Å². The number of halogens is 3. The summed E-state index contributed by atoms with van der Waals surface area (Å²) in [6.07, 6.45) is 4.08. The lowest BCUT2D eigenvalue weighted by atomic mass is 10.1. The van der Waals surface area contributed by atoms with Crippen LogP contribution < -0.4 is 15.0 Å². The number of esters is 1. The van der Waals surface area contributed by atoms with Crippen LogP contribution in [-0.2, 0) is 14.4 Å². The van der Waals surface area contributed by atoms with E-state index < -0.39 is 23.8 Å². The largest absolute Gasteiger partial charge is 0.423 e. The quantitative estimate of drug-likeness (QED) is 0.158. The molecule has 36 heavy (non-hydrogen) atoms. The van der Waals surface area contributed by atoms with Crippen LogP contribution in [0.2, 0.25) is 5.02 Å². The number of carbonyl (C=O) groups is 4. The number of imide groups is 2. The molecule has 3 aromatic carbocycles. The Balaban J connectivity index is 1.62. The van der Waals surface area contributed by atoms with Crippen molar-refractivity contribution in [2.24, 2.45) is 0 Å². The third kappa shape index (κ3) is 5.99. The average Bonchev–Trinajstić information content (AvgIpc) is 2.84. The minimum absolute atomic E-state index is 0.115. The highest BCUT2D eigenvalue weighted by Crippen LogP contribution is 2.29. The Morgan fingerprint density at radius 1 is 0.917 bits per heavy atom. The fourth-order valence-electron chi connectivity index (χ4n) is 3.24. The van der Waals surface area contributed by atoms with Gasteiger partial charge >= 0.3 is 12.0 Å². The molecular formula is C26H15Br2ClN2O5. The van der Waals surface area contributed by atoms with Crippen molar-refractivity contribution in [1.82, 2.24) is 5.32 Å². The van der Waals surface area contributed by atoms with E-state index in [0.717, 1.165) is 14.9 Å². The van der Waals surface area contributed by atoms with Gasteiger partial charge in [-0.15, -0.1) is 0 Å². The van der Waals surface area contributed by atoms with E-state index in [4.69, 9.17) is 16.3 Å². The molecule has 0 saturated carbocycles. The van der Waals surface area contributed by atoms with Gasteiger partial charge in [0.15, 0.2) is 0 Å². The van der Waals surface area contributed by atoms with Gasteiger partial charge in [0.25, 0.3) is 11.8 Å². The lowest BCUT2D eigenvalue weighted by Gasteiger charge is -2.26. The maximum Gasteiger partial charge on any atom is 0.336 e. The fourth-order valence-corrected chi connectivity index (χ4v) is 4.01. The number of ether oxygens (including phenoxy) is 1. The van der Waals surface area contributed by atoms with Gasteiger partial charge in [0.05, 0.1) is 5.69 Å². The highest BCUT2D eigenvalue weighted by Gasteiger charge is 2.37. The van der Waals surface area contributed by atoms with Crippen LogP contribution in [0.1, 0.15) is 11.1 Å². The zero-order valence-corrected chi connectivity index (χ0v) is 22.1. The van der Waals surface area contributed by atoms with E-state index in [1.54, 1.807) is 66.7 Å². The SMILES string of the molecule is O=C(/C=C/c1ccc(Cl)cc1)Oc1ccc(Br)cc1/C=C1/C(=O)NC(=O)N(c2ccc(Br)cc2)C1=O. The van der Waals surface area contributed by atoms with Gasteiger partial charge in [0.2, 0.25) is 0 Å². The monoisotopic (exact) mass is 628 g/mol. The van der Waals surface area contributed by atoms with Crippen LogP contribution in [0, 0.1) is 0 Å². The smallest absolute Gasteiger partial charge is 0.336 e. The van der Waals surface area contributed by atoms with Crippen LogP contribution in [0.25, 0.3) is 12.2 Å². The predicted molar refractivity (Wildman–Crippen MR) is 143 cm³/mol. The van der Waals surface area contributed by atoms with Crippen LogP contribution in [-0.4, -0.2) is 23.8 Å². The van der Waals surface area contributed by atoms with Crippen LogP contribution in [0.4, 0.5) is 10.5 Å². The summed E-state index contributed by atoms with van der Waals surface area (Å²) in [5.74, 6) is -2.23. The van der Waals surface area contributed by atoms with Crippen molar-refractivity contribution in [1.29, 1.82) is 0 Å². The second kappa shape index (κ2) is 11.0. The molecule has 4 amide bonds. The van der Waals surface area contributed by atoms with Crippen molar-refractivity contribution in [3.8, 4) is 5.75 Å². The molecule has 0 radical (unpaired) electrons. The summed E-state index contributed by atoms with van der Waals surface area (Å²) >= 11 is 12.5. The molecule has 4 rings (SSSR count). The number of nitrogens with zero attached hydrogens (tertiary/aromatic N) is 1. The Morgan fingerprint density at radius 2 is 1.58 bits per heavy atom. The highest BCUT2D eigenvalue weighted by atomic mass is 79.9. The predicted octanol–water partition coefficient (Wildman–Crippen LogP) is 6.15. The number of hydrogen-bond acceptors (Lipinski definition) is 5. The van der Waals surface area contributed by atoms with Crippen LogP contribution in [0.5, 0.6) is 5.75 Å². The van der Waals surface area contributed by atoms with E-state index in [-0.39, 0.29) is 22.6 Å². The first kappa shape index (κ1) is 25.6. The number of barbiturate groups is 1. The summed E-state index contributed by atoms with van der Waals surface area (Å²) in [6.45, 7) is 0. The molecule has 1 aliphatic heterocycles. The first-order valence-corrected chi connectivity index (χ1v) is 12.3. The van der Waals surface area contributed by atoms with E-state index >= 15 is 0 Å². The lowest BCUT2D eigenvalue weighted by molar-refractivity contribution is -0.129. The van der Waals surface area contributed by atoms with E-state index in [2.05, 4.69) is 37.2 Å². The Hall–Kier alpha value is -3.53. The third-order valence-corrected chi connectivity index (χ3v) is 6.22. The molecule has 0 atom stereocenters. The third-order valence-electron chi connectivity index (χ3n) is 4.95. The topological polar surface area (TPSA) is 92.8 Å². The normalized spacial score (nSPS) is 14.9. The molecule has 1 fully saturated rings. The molecular weight excluding hydrogens is 616 g/mol. The van der Waals surface area contributed by atoms with Crippen molar-refractivity contribution in [2.75, 3.05) is 4.90 Å². The van der Waals surface area contributed by atoms with Gasteiger partial charge in [0.1, 0.15) is 11.3 Å². The number of nitrogens with one attached hydrogen (secondary N) is 1. The summed E-state index contributed by atoms with van der Waals surface area (Å²) in [7, 11) is 0. The van der Waals surface area contributed by atoms with Crippen molar-refractivity contribution in [3.05, 3.63) is 103 Å². The first-order chi connectivity index (χ1) is 17.2. The van der Waals surface area contributed by atoms with E-state index in [0.29, 0.717) is 9.50 Å². The van der Waals surface area contributed by atoms with E-state index in [1.165, 1.54) is 18.2 Å². The number of amides is 4. The Bertz CT molecular complexity index is 1430. The van der Waals surface area contributed by atoms with Crippen molar-refractivity contribution >= 4 is 85.1 Å². The summed E-state index contributed by atoms with van der Waals surface area (Å²) in [5.41, 5.74) is 1.01. The summed E-state index contributed by atoms with van der Waals surface area (Å²) in [5, 5.41) is 2.74. The second-order valence-corrected chi connectivity index (χ2v) is 9.69. The minimum atomic E-state index is -0.863. The first-order valence-electron chi connectivity index (χ1n) is 10.3. The van der Waals surface area contributed by atoms with Gasteiger partial charge in [-0.1, -0.05) is 55.6 Å². The summed E-state index contributed by atoms with van der Waals surface area (Å²) in [6, 6.07) is 17.2. The molecule has 3 aromatic rings. The summed E-state index contributed by atoms with van der Waals surface area (Å²) in [4.78, 5) is 51.4. The molecule has 0 aliphatic carbocycles. The van der Waals surface area contributed by atoms with Crippen molar-refractivity contribution in [2.45, 2.75) is 0 Å². The highest BCUT2D eigenvalue weighted by molar-refractivity contribution is 9.10. The fraction of sp³-hybridized carbons (Fsp3) is 0.